The second kappa shape index (κ2) is 19.2. The van der Waals surface area contributed by atoms with Crippen molar-refractivity contribution < 1.29 is 9.75 Å². The first kappa shape index (κ1) is 26.9. The van der Waals surface area contributed by atoms with E-state index in [0.717, 1.165) is 12.8 Å². The molecule has 0 rings (SSSR count). The van der Waals surface area contributed by atoms with E-state index >= 15 is 0 Å². The third-order valence-corrected chi connectivity index (χ3v) is 6.09. The molecule has 3 heteroatoms. The third-order valence-electron chi connectivity index (χ3n) is 6.09. The molecule has 1 atom stereocenters. The normalized spacial score (nSPS) is 13.2. The van der Waals surface area contributed by atoms with E-state index in [1.54, 1.807) is 0 Å². The third kappa shape index (κ3) is 17.7. The van der Waals surface area contributed by atoms with Gasteiger partial charge < -0.3 is 15.0 Å². The van der Waals surface area contributed by atoms with E-state index in [0.29, 0.717) is 19.6 Å². The number of aliphatic hydroxyl groups excluding tert-OH is 1. The Kier molecular flexibility index (Phi) is 19.1. The van der Waals surface area contributed by atoms with Crippen molar-refractivity contribution in [2.24, 2.45) is 0 Å². The van der Waals surface area contributed by atoms with Gasteiger partial charge in [0.25, 0.3) is 0 Å². The Hall–Kier alpha value is -0.120. The summed E-state index contributed by atoms with van der Waals surface area (Å²) in [4.78, 5) is 0. The Morgan fingerprint density at radius 3 is 1.26 bits per heavy atom. The molecule has 0 aromatic rings. The smallest absolute Gasteiger partial charge is 0.105 e. The lowest BCUT2D eigenvalue weighted by Gasteiger charge is -2.42. The Labute approximate surface area is 171 Å². The Morgan fingerprint density at radius 2 is 0.926 bits per heavy atom. The van der Waals surface area contributed by atoms with Gasteiger partial charge >= 0.3 is 0 Å². The standard InChI is InChI=1S/C24H51NO2/c1-4-7-8-9-10-11-12-13-14-15-16-17-18-19-20-21-22-24(26)23-25(27,5-2)6-3/h24,26H,4-23H2,1-3H3. The fraction of sp³-hybridized carbons (Fsp3) is 1.00. The molecule has 1 unspecified atom stereocenters. The van der Waals surface area contributed by atoms with Crippen LogP contribution in [0.15, 0.2) is 0 Å². The fourth-order valence-electron chi connectivity index (χ4n) is 3.89. The quantitative estimate of drug-likeness (QED) is 0.127. The van der Waals surface area contributed by atoms with Gasteiger partial charge in [-0.3, -0.25) is 0 Å². The van der Waals surface area contributed by atoms with Gasteiger partial charge in [-0.25, -0.2) is 0 Å². The molecule has 27 heavy (non-hydrogen) atoms. The molecular formula is C24H51NO2. The molecule has 0 aromatic carbocycles. The first-order valence-corrected chi connectivity index (χ1v) is 12.3. The number of unbranched alkanes of at least 4 members (excludes halogenated alkanes) is 15. The Morgan fingerprint density at radius 1 is 0.593 bits per heavy atom. The van der Waals surface area contributed by atoms with Gasteiger partial charge in [0.15, 0.2) is 0 Å². The van der Waals surface area contributed by atoms with Crippen molar-refractivity contribution in [2.75, 3.05) is 19.6 Å². The predicted octanol–water partition coefficient (Wildman–Crippen LogP) is 7.35. The average molecular weight is 386 g/mol. The lowest BCUT2D eigenvalue weighted by molar-refractivity contribution is -0.880. The number of hydrogen-bond donors (Lipinski definition) is 1. The number of aliphatic hydroxyl groups is 1. The van der Waals surface area contributed by atoms with Crippen LogP contribution in [-0.2, 0) is 0 Å². The van der Waals surface area contributed by atoms with Crippen LogP contribution in [-0.4, -0.2) is 35.5 Å². The van der Waals surface area contributed by atoms with Gasteiger partial charge in [-0.15, -0.1) is 0 Å². The zero-order valence-electron chi connectivity index (χ0n) is 19.0. The van der Waals surface area contributed by atoms with E-state index in [1.165, 1.54) is 96.3 Å². The van der Waals surface area contributed by atoms with Crippen molar-refractivity contribution in [1.82, 2.24) is 0 Å². The topological polar surface area (TPSA) is 43.3 Å². The minimum absolute atomic E-state index is 0.250. The summed E-state index contributed by atoms with van der Waals surface area (Å²) < 4.78 is -0.250. The first-order chi connectivity index (χ1) is 13.1. The van der Waals surface area contributed by atoms with Crippen LogP contribution in [0.5, 0.6) is 0 Å². The number of likely N-dealkylation sites (N-methyl/N-ethyl adjacent to an activating group) is 1. The molecule has 164 valence electrons. The van der Waals surface area contributed by atoms with Crippen LogP contribution >= 0.6 is 0 Å². The summed E-state index contributed by atoms with van der Waals surface area (Å²) in [5.41, 5.74) is 0. The maximum atomic E-state index is 12.2. The molecule has 0 saturated heterocycles. The van der Waals surface area contributed by atoms with E-state index in [9.17, 15) is 10.3 Å². The van der Waals surface area contributed by atoms with Crippen LogP contribution in [0.1, 0.15) is 130 Å². The molecule has 0 amide bonds. The minimum atomic E-state index is -0.422. The van der Waals surface area contributed by atoms with E-state index in [1.807, 2.05) is 13.8 Å². The highest BCUT2D eigenvalue weighted by atomic mass is 16.5. The van der Waals surface area contributed by atoms with Crippen molar-refractivity contribution in [3.8, 4) is 0 Å². The summed E-state index contributed by atoms with van der Waals surface area (Å²) in [5.74, 6) is 0. The molecule has 0 bridgehead atoms. The van der Waals surface area contributed by atoms with Gasteiger partial charge in [0.05, 0.1) is 13.1 Å². The second-order valence-corrected chi connectivity index (χ2v) is 8.62. The van der Waals surface area contributed by atoms with Crippen molar-refractivity contribution in [3.05, 3.63) is 5.21 Å². The summed E-state index contributed by atoms with van der Waals surface area (Å²) >= 11 is 0. The van der Waals surface area contributed by atoms with Crippen LogP contribution in [0, 0.1) is 5.21 Å². The van der Waals surface area contributed by atoms with Gasteiger partial charge in [0.1, 0.15) is 12.6 Å². The number of hydroxylamine groups is 3. The first-order valence-electron chi connectivity index (χ1n) is 12.3. The van der Waals surface area contributed by atoms with Crippen molar-refractivity contribution >= 4 is 0 Å². The van der Waals surface area contributed by atoms with Crippen LogP contribution in [0.2, 0.25) is 0 Å². The number of rotatable bonds is 21. The molecule has 0 heterocycles. The minimum Gasteiger partial charge on any atom is -0.633 e. The lowest BCUT2D eigenvalue weighted by Crippen LogP contribution is -2.46. The molecule has 1 N–H and O–H groups in total. The summed E-state index contributed by atoms with van der Waals surface area (Å²) in [5, 5.41) is 22.2. The molecule has 3 nitrogen and oxygen atoms in total. The van der Waals surface area contributed by atoms with Crippen LogP contribution in [0.25, 0.3) is 0 Å². The average Bonchev–Trinajstić information content (AvgIpc) is 2.67. The molecule has 0 radical (unpaired) electrons. The second-order valence-electron chi connectivity index (χ2n) is 8.62. The predicted molar refractivity (Wildman–Crippen MR) is 120 cm³/mol. The number of hydrogen-bond acceptors (Lipinski definition) is 2. The van der Waals surface area contributed by atoms with E-state index < -0.39 is 6.10 Å². The molecule has 0 fully saturated rings. The summed E-state index contributed by atoms with van der Waals surface area (Å²) in [6, 6.07) is 0. The van der Waals surface area contributed by atoms with Crippen LogP contribution in [0.3, 0.4) is 0 Å². The summed E-state index contributed by atoms with van der Waals surface area (Å²) in [7, 11) is 0. The summed E-state index contributed by atoms with van der Waals surface area (Å²) in [6.45, 7) is 7.60. The molecule has 0 aliphatic heterocycles. The molecule has 0 aromatic heterocycles. The van der Waals surface area contributed by atoms with Gasteiger partial charge in [0, 0.05) is 0 Å². The zero-order valence-corrected chi connectivity index (χ0v) is 19.0. The highest BCUT2D eigenvalue weighted by molar-refractivity contribution is 4.57. The maximum Gasteiger partial charge on any atom is 0.105 e. The monoisotopic (exact) mass is 385 g/mol. The zero-order chi connectivity index (χ0) is 20.2. The Balaban J connectivity index is 3.25. The molecule has 0 saturated carbocycles. The van der Waals surface area contributed by atoms with Gasteiger partial charge in [-0.05, 0) is 20.3 Å². The van der Waals surface area contributed by atoms with Crippen molar-refractivity contribution in [3.63, 3.8) is 0 Å². The van der Waals surface area contributed by atoms with Gasteiger partial charge in [-0.1, -0.05) is 110 Å². The largest absolute Gasteiger partial charge is 0.633 e. The van der Waals surface area contributed by atoms with Crippen LogP contribution in [0.4, 0.5) is 0 Å². The highest BCUT2D eigenvalue weighted by Crippen LogP contribution is 2.15. The van der Waals surface area contributed by atoms with Crippen molar-refractivity contribution in [1.29, 1.82) is 0 Å². The summed E-state index contributed by atoms with van der Waals surface area (Å²) in [6.07, 6.45) is 22.2. The number of nitrogens with zero attached hydrogens (tertiary/aromatic N) is 1. The SMILES string of the molecule is CCCCCCCCCCCCCCCCCCC(O)C[N+]([O-])(CC)CC. The fourth-order valence-corrected chi connectivity index (χ4v) is 3.89. The van der Waals surface area contributed by atoms with Crippen LogP contribution < -0.4 is 0 Å². The Bertz CT molecular complexity index is 292. The van der Waals surface area contributed by atoms with E-state index in [2.05, 4.69) is 6.92 Å². The molecule has 0 aliphatic carbocycles. The molecule has 0 aliphatic rings. The highest BCUT2D eigenvalue weighted by Gasteiger charge is 2.17. The molecule has 0 spiro atoms. The van der Waals surface area contributed by atoms with Crippen molar-refractivity contribution in [2.45, 2.75) is 136 Å². The lowest BCUT2D eigenvalue weighted by atomic mass is 10.0. The van der Waals surface area contributed by atoms with E-state index in [4.69, 9.17) is 0 Å². The molecular weight excluding hydrogens is 334 g/mol. The van der Waals surface area contributed by atoms with E-state index in [-0.39, 0.29) is 4.65 Å². The number of quaternary nitrogens is 1. The van der Waals surface area contributed by atoms with Gasteiger partial charge in [-0.2, -0.15) is 0 Å². The van der Waals surface area contributed by atoms with Gasteiger partial charge in [0.2, 0.25) is 0 Å². The maximum absolute atomic E-state index is 12.2.